The Morgan fingerprint density at radius 1 is 1.14 bits per heavy atom. The number of carboxylic acids is 1. The number of carboxylic acid groups (broad SMARTS) is 1. The summed E-state index contributed by atoms with van der Waals surface area (Å²) in [6.07, 6.45) is 1.37. The fourth-order valence-corrected chi connectivity index (χ4v) is 3.00. The van der Waals surface area contributed by atoms with Gasteiger partial charge in [0.15, 0.2) is 0 Å². The number of nitrogens with one attached hydrogen (secondary N) is 1. The Hall–Kier alpha value is -2.57. The summed E-state index contributed by atoms with van der Waals surface area (Å²) in [4.78, 5) is 27.2. The maximum absolute atomic E-state index is 12.2. The number of fused-ring (bicyclic) bond motifs is 1. The molecule has 0 aliphatic heterocycles. The number of carbonyl (C=O) groups is 2. The van der Waals surface area contributed by atoms with Gasteiger partial charge in [0, 0.05) is 0 Å². The number of anilines is 1. The van der Waals surface area contributed by atoms with Gasteiger partial charge in [-0.2, -0.15) is 0 Å². The van der Waals surface area contributed by atoms with Gasteiger partial charge in [0.2, 0.25) is 0 Å². The standard InChI is InChI=1S/C13H8N4O3Se/c18-12(10-7(13(19)20)3-2-6-14-10)15-8-4-1-5-9-11(8)17-21-16-9/h1-6H,(H,15,18)(H,19,20). The SMILES string of the molecule is O=C(O)c1cccnc1C(=O)Nc1cccc2n[se]nc12. The average Bonchev–Trinajstić information content (AvgIpc) is 2.96. The number of pyridine rings is 1. The number of hydrogen-bond donors (Lipinski definition) is 2. The Kier molecular flexibility index (Phi) is 3.47. The summed E-state index contributed by atoms with van der Waals surface area (Å²) in [5.74, 6) is -1.79. The van der Waals surface area contributed by atoms with Gasteiger partial charge in [-0.1, -0.05) is 0 Å². The zero-order valence-corrected chi connectivity index (χ0v) is 12.2. The Labute approximate surface area is 124 Å². The van der Waals surface area contributed by atoms with Crippen molar-refractivity contribution in [2.45, 2.75) is 0 Å². The van der Waals surface area contributed by atoms with E-state index in [1.54, 1.807) is 12.1 Å². The zero-order valence-electron chi connectivity index (χ0n) is 10.5. The first kappa shape index (κ1) is 13.4. The molecule has 0 spiro atoms. The topological polar surface area (TPSA) is 105 Å². The first-order valence-corrected chi connectivity index (χ1v) is 7.41. The number of carbonyl (C=O) groups excluding carboxylic acids is 1. The molecule has 2 aromatic heterocycles. The van der Waals surface area contributed by atoms with Crippen LogP contribution in [0, 0.1) is 0 Å². The maximum atomic E-state index is 12.2. The van der Waals surface area contributed by atoms with Crippen molar-refractivity contribution < 1.29 is 14.7 Å². The van der Waals surface area contributed by atoms with Gasteiger partial charge in [0.1, 0.15) is 0 Å². The second-order valence-corrected chi connectivity index (χ2v) is 5.21. The van der Waals surface area contributed by atoms with Crippen LogP contribution in [0.5, 0.6) is 0 Å². The van der Waals surface area contributed by atoms with Crippen molar-refractivity contribution in [1.82, 2.24) is 12.9 Å². The molecule has 0 aliphatic rings. The monoisotopic (exact) mass is 348 g/mol. The molecule has 8 heteroatoms. The Bertz CT molecular complexity index is 846. The van der Waals surface area contributed by atoms with Crippen LogP contribution < -0.4 is 5.32 Å². The van der Waals surface area contributed by atoms with Crippen LogP contribution >= 0.6 is 0 Å². The van der Waals surface area contributed by atoms with Gasteiger partial charge in [-0.3, -0.25) is 0 Å². The number of hydrogen-bond acceptors (Lipinski definition) is 5. The van der Waals surface area contributed by atoms with Crippen LogP contribution in [0.15, 0.2) is 36.5 Å². The molecular weight excluding hydrogens is 339 g/mol. The van der Waals surface area contributed by atoms with Crippen LogP contribution in [0.25, 0.3) is 11.0 Å². The van der Waals surface area contributed by atoms with Gasteiger partial charge in [0.25, 0.3) is 0 Å². The van der Waals surface area contributed by atoms with E-state index in [4.69, 9.17) is 5.11 Å². The third kappa shape index (κ3) is 2.54. The van der Waals surface area contributed by atoms with E-state index in [-0.39, 0.29) is 26.2 Å². The van der Waals surface area contributed by atoms with Crippen molar-refractivity contribution in [2.75, 3.05) is 5.32 Å². The molecule has 2 heterocycles. The normalized spacial score (nSPS) is 10.5. The number of amides is 1. The van der Waals surface area contributed by atoms with Crippen molar-refractivity contribution in [3.05, 3.63) is 47.8 Å². The molecule has 0 fully saturated rings. The summed E-state index contributed by atoms with van der Waals surface area (Å²) in [7, 11) is 0. The summed E-state index contributed by atoms with van der Waals surface area (Å²) in [6.45, 7) is 0. The molecule has 0 bridgehead atoms. The molecule has 21 heavy (non-hydrogen) atoms. The van der Waals surface area contributed by atoms with Crippen molar-refractivity contribution in [2.24, 2.45) is 0 Å². The molecule has 1 amide bonds. The molecule has 0 saturated heterocycles. The van der Waals surface area contributed by atoms with E-state index in [0.717, 1.165) is 5.52 Å². The van der Waals surface area contributed by atoms with Crippen LogP contribution in [0.4, 0.5) is 5.69 Å². The molecule has 0 unspecified atom stereocenters. The second-order valence-electron chi connectivity index (χ2n) is 4.10. The Balaban J connectivity index is 1.97. The molecule has 0 radical (unpaired) electrons. The number of aromatic carboxylic acids is 1. The zero-order chi connectivity index (χ0) is 14.8. The van der Waals surface area contributed by atoms with E-state index in [1.165, 1.54) is 18.3 Å². The average molecular weight is 347 g/mol. The van der Waals surface area contributed by atoms with Crippen molar-refractivity contribution in [1.29, 1.82) is 0 Å². The quantitative estimate of drug-likeness (QED) is 0.686. The van der Waals surface area contributed by atoms with E-state index < -0.39 is 11.9 Å². The minimum atomic E-state index is -1.20. The predicted octanol–water partition coefficient (Wildman–Crippen LogP) is 1.03. The summed E-state index contributed by atoms with van der Waals surface area (Å²) < 4.78 is 8.47. The molecule has 2 N–H and O–H groups in total. The molecule has 3 rings (SSSR count). The van der Waals surface area contributed by atoms with Gasteiger partial charge in [-0.25, -0.2) is 0 Å². The molecule has 1 aromatic carbocycles. The van der Waals surface area contributed by atoms with Crippen LogP contribution in [-0.2, 0) is 0 Å². The van der Waals surface area contributed by atoms with Gasteiger partial charge < -0.3 is 0 Å². The molecule has 104 valence electrons. The number of nitrogens with zero attached hydrogens (tertiary/aromatic N) is 3. The molecule has 7 nitrogen and oxygen atoms in total. The number of rotatable bonds is 3. The predicted molar refractivity (Wildman–Crippen MR) is 75.6 cm³/mol. The summed E-state index contributed by atoms with van der Waals surface area (Å²) >= 11 is -0.208. The van der Waals surface area contributed by atoms with E-state index in [1.807, 2.05) is 6.07 Å². The minimum absolute atomic E-state index is 0.136. The molecule has 0 aliphatic carbocycles. The van der Waals surface area contributed by atoms with Crippen molar-refractivity contribution in [3.8, 4) is 0 Å². The molecule has 0 atom stereocenters. The van der Waals surface area contributed by atoms with Crippen LogP contribution in [-0.4, -0.2) is 44.9 Å². The van der Waals surface area contributed by atoms with Gasteiger partial charge in [-0.05, 0) is 0 Å². The van der Waals surface area contributed by atoms with E-state index in [0.29, 0.717) is 11.2 Å². The first-order chi connectivity index (χ1) is 10.2. The number of benzene rings is 1. The third-order valence-corrected chi connectivity index (χ3v) is 3.93. The second kappa shape index (κ2) is 5.43. The summed E-state index contributed by atoms with van der Waals surface area (Å²) in [6, 6.07) is 8.07. The third-order valence-electron chi connectivity index (χ3n) is 2.79. The fraction of sp³-hybridized carbons (Fsp3) is 0. The number of aromatic nitrogens is 3. The van der Waals surface area contributed by atoms with Gasteiger partial charge in [-0.15, -0.1) is 0 Å². The Morgan fingerprint density at radius 3 is 2.81 bits per heavy atom. The van der Waals surface area contributed by atoms with Crippen LogP contribution in [0.1, 0.15) is 20.8 Å². The van der Waals surface area contributed by atoms with Crippen LogP contribution in [0.2, 0.25) is 0 Å². The molecular formula is C13H8N4O3Se. The van der Waals surface area contributed by atoms with E-state index >= 15 is 0 Å². The van der Waals surface area contributed by atoms with E-state index in [9.17, 15) is 9.59 Å². The Morgan fingerprint density at radius 2 is 2.00 bits per heavy atom. The fourth-order valence-electron chi connectivity index (χ4n) is 1.85. The van der Waals surface area contributed by atoms with Gasteiger partial charge >= 0.3 is 124 Å². The van der Waals surface area contributed by atoms with E-state index in [2.05, 4.69) is 18.3 Å². The van der Waals surface area contributed by atoms with Gasteiger partial charge in [0.05, 0.1) is 0 Å². The van der Waals surface area contributed by atoms with Crippen molar-refractivity contribution >= 4 is 43.6 Å². The summed E-state index contributed by atoms with van der Waals surface area (Å²) in [5.41, 5.74) is 1.57. The van der Waals surface area contributed by atoms with Crippen LogP contribution in [0.3, 0.4) is 0 Å². The van der Waals surface area contributed by atoms with Crippen molar-refractivity contribution in [3.63, 3.8) is 0 Å². The summed E-state index contributed by atoms with van der Waals surface area (Å²) in [5, 5.41) is 11.7. The molecule has 3 aromatic rings. The first-order valence-electron chi connectivity index (χ1n) is 5.88. The molecule has 0 saturated carbocycles.